The summed E-state index contributed by atoms with van der Waals surface area (Å²) >= 11 is 0. The number of nitrogens with one attached hydrogen (secondary N) is 1. The van der Waals surface area contributed by atoms with E-state index in [9.17, 15) is 21.6 Å². The van der Waals surface area contributed by atoms with Crippen molar-refractivity contribution < 1.29 is 40.5 Å². The van der Waals surface area contributed by atoms with Crippen LogP contribution < -0.4 is 23.7 Å². The molecule has 3 rings (SSSR count). The molecule has 0 bridgehead atoms. The zero-order chi connectivity index (χ0) is 25.8. The first kappa shape index (κ1) is 25.8. The van der Waals surface area contributed by atoms with Crippen molar-refractivity contribution in [3.8, 4) is 23.0 Å². The number of halogens is 3. The van der Waals surface area contributed by atoms with Gasteiger partial charge in [-0.25, -0.2) is 21.6 Å². The van der Waals surface area contributed by atoms with E-state index in [2.05, 4.69) is 4.72 Å². The average molecular weight is 510 g/mol. The van der Waals surface area contributed by atoms with Gasteiger partial charge in [-0.15, -0.1) is 0 Å². The lowest BCUT2D eigenvalue weighted by Crippen LogP contribution is -2.14. The third-order valence-electron chi connectivity index (χ3n) is 4.87. The Hall–Kier alpha value is -3.86. The van der Waals surface area contributed by atoms with Crippen LogP contribution in [0.1, 0.15) is 11.1 Å². The second-order valence-electron chi connectivity index (χ2n) is 7.06. The molecule has 0 spiro atoms. The number of anilines is 1. The second-order valence-corrected chi connectivity index (χ2v) is 8.74. The minimum atomic E-state index is -4.39. The molecule has 0 heterocycles. The molecule has 3 aromatic carbocycles. The van der Waals surface area contributed by atoms with Gasteiger partial charge in [-0.1, -0.05) is 12.2 Å². The van der Waals surface area contributed by atoms with Gasteiger partial charge in [0.05, 0.1) is 39.0 Å². The average Bonchev–Trinajstić information content (AvgIpc) is 2.83. The Balaban J connectivity index is 2.00. The standard InChI is InChI=1S/C24H22F3NO6S/c1-31-21-11-15(12-22(32-2)24(21)34-4)6-5-14-9-19(27)23(33-3)20(10-14)28-35(29,30)16-7-8-17(25)18(26)13-16/h5-13,28H,1-4H3/b6-5-. The minimum Gasteiger partial charge on any atom is -0.493 e. The fourth-order valence-electron chi connectivity index (χ4n) is 3.23. The summed E-state index contributed by atoms with van der Waals surface area (Å²) in [6.07, 6.45) is 3.15. The molecule has 0 aliphatic rings. The first-order valence-electron chi connectivity index (χ1n) is 9.97. The minimum absolute atomic E-state index is 0.234. The number of rotatable bonds is 9. The first-order chi connectivity index (χ1) is 16.6. The van der Waals surface area contributed by atoms with Gasteiger partial charge in [0.1, 0.15) is 0 Å². The summed E-state index contributed by atoms with van der Waals surface area (Å²) in [6, 6.07) is 7.90. The Morgan fingerprint density at radius 3 is 1.77 bits per heavy atom. The van der Waals surface area contributed by atoms with Gasteiger partial charge in [-0.05, 0) is 53.6 Å². The maximum Gasteiger partial charge on any atom is 0.262 e. The monoisotopic (exact) mass is 509 g/mol. The SMILES string of the molecule is COc1cc(/C=C\c2cc(F)c(OC)c(NS(=O)(=O)c3ccc(F)c(F)c3)c2)cc(OC)c1OC. The normalized spacial score (nSPS) is 11.4. The number of benzene rings is 3. The van der Waals surface area contributed by atoms with Gasteiger partial charge in [0.25, 0.3) is 10.0 Å². The van der Waals surface area contributed by atoms with Crippen LogP contribution in [-0.4, -0.2) is 36.9 Å². The largest absolute Gasteiger partial charge is 0.493 e. The molecular weight excluding hydrogens is 487 g/mol. The zero-order valence-corrected chi connectivity index (χ0v) is 20.0. The topological polar surface area (TPSA) is 83.1 Å². The first-order valence-corrected chi connectivity index (χ1v) is 11.4. The number of hydrogen-bond acceptors (Lipinski definition) is 6. The fourth-order valence-corrected chi connectivity index (χ4v) is 4.30. The molecule has 0 aliphatic carbocycles. The lowest BCUT2D eigenvalue weighted by Gasteiger charge is -2.14. The predicted molar refractivity (Wildman–Crippen MR) is 125 cm³/mol. The van der Waals surface area contributed by atoms with Gasteiger partial charge in [0, 0.05) is 0 Å². The van der Waals surface area contributed by atoms with E-state index in [-0.39, 0.29) is 17.0 Å². The molecule has 186 valence electrons. The van der Waals surface area contributed by atoms with E-state index in [0.717, 1.165) is 12.1 Å². The highest BCUT2D eigenvalue weighted by molar-refractivity contribution is 7.92. The van der Waals surface area contributed by atoms with Crippen LogP contribution in [0.4, 0.5) is 18.9 Å². The van der Waals surface area contributed by atoms with E-state index < -0.39 is 32.4 Å². The molecule has 0 saturated heterocycles. The quantitative estimate of drug-likeness (QED) is 0.404. The lowest BCUT2D eigenvalue weighted by atomic mass is 10.1. The Morgan fingerprint density at radius 2 is 1.26 bits per heavy atom. The van der Waals surface area contributed by atoms with Gasteiger partial charge >= 0.3 is 0 Å². The molecule has 0 saturated carbocycles. The number of sulfonamides is 1. The summed E-state index contributed by atoms with van der Waals surface area (Å²) in [5.41, 5.74) is 0.668. The van der Waals surface area contributed by atoms with E-state index in [1.165, 1.54) is 40.6 Å². The summed E-state index contributed by atoms with van der Waals surface area (Å²) in [7, 11) is 1.19. The molecule has 0 unspecified atom stereocenters. The third kappa shape index (κ3) is 5.62. The molecule has 0 radical (unpaired) electrons. The van der Waals surface area contributed by atoms with Crippen molar-refractivity contribution in [2.75, 3.05) is 33.2 Å². The Morgan fingerprint density at radius 1 is 0.686 bits per heavy atom. The molecule has 0 aliphatic heterocycles. The Bertz CT molecular complexity index is 1350. The van der Waals surface area contributed by atoms with Crippen molar-refractivity contribution in [3.05, 3.63) is 71.0 Å². The summed E-state index contributed by atoms with van der Waals surface area (Å²) < 4.78 is 89.9. The lowest BCUT2D eigenvalue weighted by molar-refractivity contribution is 0.324. The van der Waals surface area contributed by atoms with Crippen LogP contribution in [0.3, 0.4) is 0 Å². The maximum absolute atomic E-state index is 14.7. The molecular formula is C24H22F3NO6S. The van der Waals surface area contributed by atoms with Gasteiger partial charge in [-0.3, -0.25) is 4.72 Å². The fraction of sp³-hybridized carbons (Fsp3) is 0.167. The van der Waals surface area contributed by atoms with Crippen molar-refractivity contribution in [1.29, 1.82) is 0 Å². The van der Waals surface area contributed by atoms with Crippen molar-refractivity contribution in [1.82, 2.24) is 0 Å². The summed E-state index contributed by atoms with van der Waals surface area (Å²) in [5.74, 6) is -2.54. The van der Waals surface area contributed by atoms with E-state index in [0.29, 0.717) is 34.9 Å². The summed E-state index contributed by atoms with van der Waals surface area (Å²) in [6.45, 7) is 0. The van der Waals surface area contributed by atoms with Crippen molar-refractivity contribution in [3.63, 3.8) is 0 Å². The number of methoxy groups -OCH3 is 4. The highest BCUT2D eigenvalue weighted by Gasteiger charge is 2.21. The van der Waals surface area contributed by atoms with Gasteiger partial charge in [-0.2, -0.15) is 0 Å². The summed E-state index contributed by atoms with van der Waals surface area (Å²) in [5, 5.41) is 0. The van der Waals surface area contributed by atoms with Crippen molar-refractivity contribution >= 4 is 27.9 Å². The Kier molecular flexibility index (Phi) is 7.80. The molecule has 0 amide bonds. The van der Waals surface area contributed by atoms with E-state index >= 15 is 0 Å². The molecule has 0 aromatic heterocycles. The predicted octanol–water partition coefficient (Wildman–Crippen LogP) is 5.11. The van der Waals surface area contributed by atoms with Crippen molar-refractivity contribution in [2.45, 2.75) is 4.90 Å². The van der Waals surface area contributed by atoms with Crippen LogP contribution in [0, 0.1) is 17.5 Å². The molecule has 1 N–H and O–H groups in total. The highest BCUT2D eigenvalue weighted by Crippen LogP contribution is 2.39. The summed E-state index contributed by atoms with van der Waals surface area (Å²) in [4.78, 5) is -0.544. The molecule has 11 heteroatoms. The van der Waals surface area contributed by atoms with Gasteiger partial charge in [0.15, 0.2) is 34.7 Å². The van der Waals surface area contributed by atoms with Crippen molar-refractivity contribution in [2.24, 2.45) is 0 Å². The number of hydrogen-bond donors (Lipinski definition) is 1. The second kappa shape index (κ2) is 10.6. The Labute approximate surface area is 200 Å². The van der Waals surface area contributed by atoms with Crippen LogP contribution in [-0.2, 0) is 10.0 Å². The van der Waals surface area contributed by atoms with E-state index in [1.54, 1.807) is 18.2 Å². The zero-order valence-electron chi connectivity index (χ0n) is 19.2. The molecule has 0 fully saturated rings. The highest BCUT2D eigenvalue weighted by atomic mass is 32.2. The third-order valence-corrected chi connectivity index (χ3v) is 6.23. The molecule has 3 aromatic rings. The van der Waals surface area contributed by atoms with Crippen LogP contribution in [0.25, 0.3) is 12.2 Å². The van der Waals surface area contributed by atoms with Gasteiger partial charge in [0.2, 0.25) is 5.75 Å². The smallest absolute Gasteiger partial charge is 0.262 e. The van der Waals surface area contributed by atoms with Crippen LogP contribution in [0.2, 0.25) is 0 Å². The van der Waals surface area contributed by atoms with Gasteiger partial charge < -0.3 is 18.9 Å². The number of ether oxygens (including phenoxy) is 4. The molecule has 35 heavy (non-hydrogen) atoms. The van der Waals surface area contributed by atoms with Crippen LogP contribution in [0.5, 0.6) is 23.0 Å². The molecule has 7 nitrogen and oxygen atoms in total. The maximum atomic E-state index is 14.7. The van der Waals surface area contributed by atoms with Crippen LogP contribution >= 0.6 is 0 Å². The van der Waals surface area contributed by atoms with E-state index in [1.807, 2.05) is 0 Å². The van der Waals surface area contributed by atoms with E-state index in [4.69, 9.17) is 18.9 Å². The van der Waals surface area contributed by atoms with Crippen LogP contribution in [0.15, 0.2) is 47.4 Å². The molecule has 0 atom stereocenters.